The van der Waals surface area contributed by atoms with Crippen molar-refractivity contribution in [3.05, 3.63) is 185 Å². The van der Waals surface area contributed by atoms with Crippen LogP contribution in [0.5, 0.6) is 0 Å². The number of rotatable bonds is 6. The van der Waals surface area contributed by atoms with E-state index < -0.39 is 0 Å². The van der Waals surface area contributed by atoms with Gasteiger partial charge in [0.2, 0.25) is 0 Å². The van der Waals surface area contributed by atoms with Crippen molar-refractivity contribution < 1.29 is 0 Å². The molecule has 0 unspecified atom stereocenters. The Morgan fingerprint density at radius 2 is 0.727 bits per heavy atom. The summed E-state index contributed by atoms with van der Waals surface area (Å²) in [5, 5.41) is 0. The van der Waals surface area contributed by atoms with Crippen LogP contribution in [0.3, 0.4) is 0 Å². The molecule has 7 aromatic rings. The van der Waals surface area contributed by atoms with E-state index in [1.807, 2.05) is 0 Å². The van der Waals surface area contributed by atoms with Crippen molar-refractivity contribution in [3.8, 4) is 44.5 Å². The van der Waals surface area contributed by atoms with Gasteiger partial charge in [-0.05, 0) is 153 Å². The Labute approximate surface area is 399 Å². The van der Waals surface area contributed by atoms with Gasteiger partial charge in [0.1, 0.15) is 0 Å². The van der Waals surface area contributed by atoms with Crippen LogP contribution in [-0.4, -0.2) is 0 Å². The average molecular weight is 870 g/mol. The minimum Gasteiger partial charge on any atom is -0.310 e. The van der Waals surface area contributed by atoms with Crippen LogP contribution in [0.15, 0.2) is 146 Å². The van der Waals surface area contributed by atoms with Crippen LogP contribution in [0, 0.1) is 0 Å². The molecule has 1 nitrogen and oxygen atoms in total. The van der Waals surface area contributed by atoms with E-state index in [4.69, 9.17) is 0 Å². The highest BCUT2D eigenvalue weighted by atomic mass is 15.1. The van der Waals surface area contributed by atoms with Crippen molar-refractivity contribution in [2.24, 2.45) is 0 Å². The maximum Gasteiger partial charge on any atom is 0.0470 e. The fraction of sp³-hybridized carbons (Fsp3) is 0.354. The van der Waals surface area contributed by atoms with Crippen LogP contribution >= 0.6 is 0 Å². The van der Waals surface area contributed by atoms with Gasteiger partial charge < -0.3 is 4.90 Å². The van der Waals surface area contributed by atoms with Crippen LogP contribution < -0.4 is 4.90 Å². The summed E-state index contributed by atoms with van der Waals surface area (Å²) < 4.78 is 0. The molecule has 0 saturated heterocycles. The Morgan fingerprint density at radius 1 is 0.288 bits per heavy atom. The third-order valence-electron chi connectivity index (χ3n) is 14.2. The van der Waals surface area contributed by atoms with Crippen molar-refractivity contribution in [2.75, 3.05) is 4.90 Å². The second-order valence-electron chi connectivity index (χ2n) is 25.0. The van der Waals surface area contributed by atoms with Crippen LogP contribution in [0.1, 0.15) is 157 Å². The first-order chi connectivity index (χ1) is 30.6. The quantitative estimate of drug-likeness (QED) is 0.161. The highest BCUT2D eigenvalue weighted by Crippen LogP contribution is 2.51. The van der Waals surface area contributed by atoms with Crippen molar-refractivity contribution >= 4 is 17.1 Å². The summed E-state index contributed by atoms with van der Waals surface area (Å²) in [7, 11) is 0. The monoisotopic (exact) mass is 870 g/mol. The fourth-order valence-electron chi connectivity index (χ4n) is 9.64. The summed E-state index contributed by atoms with van der Waals surface area (Å²) >= 11 is 0. The van der Waals surface area contributed by atoms with Gasteiger partial charge in [-0.3, -0.25) is 0 Å². The summed E-state index contributed by atoms with van der Waals surface area (Å²) in [6.07, 6.45) is 0. The van der Waals surface area contributed by atoms with Crippen molar-refractivity contribution in [3.63, 3.8) is 0 Å². The van der Waals surface area contributed by atoms with Gasteiger partial charge in [0.15, 0.2) is 0 Å². The van der Waals surface area contributed by atoms with E-state index >= 15 is 0 Å². The minimum atomic E-state index is -0.130. The van der Waals surface area contributed by atoms with E-state index in [2.05, 4.69) is 268 Å². The van der Waals surface area contributed by atoms with Gasteiger partial charge in [-0.15, -0.1) is 0 Å². The van der Waals surface area contributed by atoms with E-state index in [9.17, 15) is 0 Å². The third kappa shape index (κ3) is 9.21. The SMILES string of the molecule is CC(C)(C)c1cccc(-c2ccc(N(c3cc(-c4cc(-c5cc(C(C)(C)C)cc(C(C)(C)C)c5)cc(C(C)(C)C)c4)cc(C(C)(C)C)c3)c3ccc4c(c3)C(C)(C)c3ccccc3-4)cc2)c1. The molecule has 340 valence electrons. The number of hydrogen-bond acceptors (Lipinski definition) is 1. The molecular weight excluding hydrogens is 795 g/mol. The van der Waals surface area contributed by atoms with E-state index in [0.717, 1.165) is 17.1 Å². The molecule has 0 bridgehead atoms. The maximum atomic E-state index is 2.50. The van der Waals surface area contributed by atoms with E-state index in [1.54, 1.807) is 0 Å². The highest BCUT2D eigenvalue weighted by molar-refractivity contribution is 5.88. The van der Waals surface area contributed by atoms with Crippen LogP contribution in [0.4, 0.5) is 17.1 Å². The molecule has 0 amide bonds. The number of fused-ring (bicyclic) bond motifs is 3. The molecule has 66 heavy (non-hydrogen) atoms. The first kappa shape index (κ1) is 46.9. The largest absolute Gasteiger partial charge is 0.310 e. The fourth-order valence-corrected chi connectivity index (χ4v) is 9.64. The second-order valence-corrected chi connectivity index (χ2v) is 25.0. The molecule has 1 heteroatoms. The van der Waals surface area contributed by atoms with Crippen molar-refractivity contribution in [1.82, 2.24) is 0 Å². The Hall–Kier alpha value is -5.66. The van der Waals surface area contributed by atoms with E-state index in [1.165, 1.54) is 83.5 Å². The normalized spacial score (nSPS) is 14.0. The highest BCUT2D eigenvalue weighted by Gasteiger charge is 2.36. The van der Waals surface area contributed by atoms with Gasteiger partial charge in [0.05, 0.1) is 0 Å². The van der Waals surface area contributed by atoms with Gasteiger partial charge in [-0.1, -0.05) is 221 Å². The topological polar surface area (TPSA) is 3.24 Å². The number of anilines is 3. The summed E-state index contributed by atoms with van der Waals surface area (Å²) in [4.78, 5) is 2.50. The van der Waals surface area contributed by atoms with Gasteiger partial charge in [-0.25, -0.2) is 0 Å². The lowest BCUT2D eigenvalue weighted by Crippen LogP contribution is -2.17. The lowest BCUT2D eigenvalue weighted by atomic mass is 9.78. The number of hydrogen-bond donors (Lipinski definition) is 0. The molecule has 0 radical (unpaired) electrons. The molecule has 0 N–H and O–H groups in total. The maximum absolute atomic E-state index is 2.50. The first-order valence-corrected chi connectivity index (χ1v) is 24.3. The molecule has 1 aliphatic rings. The third-order valence-corrected chi connectivity index (χ3v) is 14.2. The molecule has 1 aliphatic carbocycles. The molecule has 0 atom stereocenters. The molecular formula is C65H75N. The molecule has 0 heterocycles. The van der Waals surface area contributed by atoms with Gasteiger partial charge >= 0.3 is 0 Å². The minimum absolute atomic E-state index is 0.0180. The van der Waals surface area contributed by atoms with Gasteiger partial charge in [-0.2, -0.15) is 0 Å². The Bertz CT molecular complexity index is 2900. The zero-order valence-electron chi connectivity index (χ0n) is 43.3. The van der Waals surface area contributed by atoms with Crippen LogP contribution in [-0.2, 0) is 32.5 Å². The summed E-state index contributed by atoms with van der Waals surface area (Å²) in [6, 6.07) is 56.4. The standard InChI is InChI=1S/C65H75N/c1-60(2,3)48-22-20-21-43(32-48)42-25-27-53(28-26-42)66(54-29-30-57-56-23-18-19-24-58(56)65(16,17)59(57)41-54)55-38-47(37-52(40-55)64(13,14)15)45-31-44(33-49(34-45)61(4,5)6)46-35-50(62(7,8)9)39-51(36-46)63(10,11)12/h18-41H,1-17H3. The Balaban J connectivity index is 1.36. The predicted octanol–water partition coefficient (Wildman–Crippen LogP) is 19.0. The Morgan fingerprint density at radius 3 is 1.27 bits per heavy atom. The van der Waals surface area contributed by atoms with Crippen molar-refractivity contribution in [2.45, 2.75) is 150 Å². The average Bonchev–Trinajstić information content (AvgIpc) is 3.47. The van der Waals surface area contributed by atoms with Crippen molar-refractivity contribution in [1.29, 1.82) is 0 Å². The van der Waals surface area contributed by atoms with E-state index in [-0.39, 0.29) is 32.5 Å². The second kappa shape index (κ2) is 16.3. The Kier molecular flexibility index (Phi) is 11.6. The van der Waals surface area contributed by atoms with Gasteiger partial charge in [0.25, 0.3) is 0 Å². The van der Waals surface area contributed by atoms with Crippen LogP contribution in [0.25, 0.3) is 44.5 Å². The number of benzene rings is 7. The lowest BCUT2D eigenvalue weighted by Gasteiger charge is -2.31. The molecule has 0 saturated carbocycles. The number of nitrogens with zero attached hydrogens (tertiary/aromatic N) is 1. The predicted molar refractivity (Wildman–Crippen MR) is 288 cm³/mol. The zero-order chi connectivity index (χ0) is 47.9. The van der Waals surface area contributed by atoms with Gasteiger partial charge in [0, 0.05) is 22.5 Å². The smallest absolute Gasteiger partial charge is 0.0470 e. The molecule has 0 aliphatic heterocycles. The summed E-state index contributed by atoms with van der Waals surface area (Å²) in [5.74, 6) is 0. The zero-order valence-corrected chi connectivity index (χ0v) is 43.3. The molecule has 0 aromatic heterocycles. The molecule has 0 fully saturated rings. The molecule has 8 rings (SSSR count). The van der Waals surface area contributed by atoms with Crippen LogP contribution in [0.2, 0.25) is 0 Å². The lowest BCUT2D eigenvalue weighted by molar-refractivity contribution is 0.569. The van der Waals surface area contributed by atoms with E-state index in [0.29, 0.717) is 0 Å². The molecule has 0 spiro atoms. The summed E-state index contributed by atoms with van der Waals surface area (Å²) in [6.45, 7) is 39.7. The molecule has 7 aromatic carbocycles. The first-order valence-electron chi connectivity index (χ1n) is 24.3. The summed E-state index contributed by atoms with van der Waals surface area (Å²) in [5.41, 5.74) is 22.9.